The minimum absolute atomic E-state index is 0.0468. The summed E-state index contributed by atoms with van der Waals surface area (Å²) in [6.07, 6.45) is 1.03. The molecule has 1 saturated heterocycles. The molecule has 0 bridgehead atoms. The summed E-state index contributed by atoms with van der Waals surface area (Å²) in [5.74, 6) is 0.940. The highest BCUT2D eigenvalue weighted by atomic mass is 16.5. The van der Waals surface area contributed by atoms with Gasteiger partial charge in [-0.2, -0.15) is 0 Å². The predicted molar refractivity (Wildman–Crippen MR) is 66.8 cm³/mol. The molecule has 6 nitrogen and oxygen atoms in total. The number of ether oxygens (including phenoxy) is 1. The van der Waals surface area contributed by atoms with Gasteiger partial charge in [0.25, 0.3) is 0 Å². The number of benzene rings is 1. The van der Waals surface area contributed by atoms with Gasteiger partial charge in [-0.05, 0) is 30.7 Å². The van der Waals surface area contributed by atoms with Gasteiger partial charge in [0.1, 0.15) is 5.75 Å². The van der Waals surface area contributed by atoms with Crippen LogP contribution in [-0.4, -0.2) is 41.2 Å². The molecule has 2 heterocycles. The van der Waals surface area contributed by atoms with E-state index in [0.717, 1.165) is 30.8 Å². The van der Waals surface area contributed by atoms with Crippen LogP contribution in [0.4, 0.5) is 0 Å². The van der Waals surface area contributed by atoms with E-state index in [1.165, 1.54) is 0 Å². The number of hydrogen-bond donors (Lipinski definition) is 0. The molecule has 0 atom stereocenters. The van der Waals surface area contributed by atoms with Gasteiger partial charge in [0.2, 0.25) is 5.89 Å². The average molecular weight is 259 g/mol. The Hall–Kier alpha value is -2.37. The lowest BCUT2D eigenvalue weighted by molar-refractivity contribution is 0.0611. The lowest BCUT2D eigenvalue weighted by Crippen LogP contribution is -2.42. The number of aromatic nitrogens is 2. The third kappa shape index (κ3) is 2.16. The second-order valence-corrected chi connectivity index (χ2v) is 4.29. The first-order valence-corrected chi connectivity index (χ1v) is 6.05. The molecule has 0 N–H and O–H groups in total. The number of hydrogen-bond acceptors (Lipinski definition) is 5. The summed E-state index contributed by atoms with van der Waals surface area (Å²) in [5.41, 5.74) is 0.760. The zero-order valence-electron chi connectivity index (χ0n) is 10.5. The van der Waals surface area contributed by atoms with E-state index >= 15 is 0 Å². The molecule has 1 amide bonds. The molecule has 0 unspecified atom stereocenters. The van der Waals surface area contributed by atoms with Crippen LogP contribution in [0.15, 0.2) is 28.7 Å². The Morgan fingerprint density at radius 1 is 1.26 bits per heavy atom. The maximum Gasteiger partial charge on any atom is 0.311 e. The highest BCUT2D eigenvalue weighted by Gasteiger charge is 2.26. The fraction of sp³-hybridized carbons (Fsp3) is 0.308. The first-order chi connectivity index (χ1) is 9.28. The van der Waals surface area contributed by atoms with E-state index in [9.17, 15) is 4.79 Å². The second-order valence-electron chi connectivity index (χ2n) is 4.29. The van der Waals surface area contributed by atoms with Crippen molar-refractivity contribution in [3.63, 3.8) is 0 Å². The van der Waals surface area contributed by atoms with Crippen molar-refractivity contribution in [3.8, 4) is 17.2 Å². The highest BCUT2D eigenvalue weighted by Crippen LogP contribution is 2.22. The Balaban J connectivity index is 1.81. The normalized spacial score (nSPS) is 14.1. The van der Waals surface area contributed by atoms with E-state index in [-0.39, 0.29) is 11.8 Å². The van der Waals surface area contributed by atoms with Crippen LogP contribution < -0.4 is 4.74 Å². The zero-order valence-corrected chi connectivity index (χ0v) is 10.5. The summed E-state index contributed by atoms with van der Waals surface area (Å²) in [7, 11) is 1.60. The van der Waals surface area contributed by atoms with Crippen molar-refractivity contribution in [2.24, 2.45) is 0 Å². The van der Waals surface area contributed by atoms with Gasteiger partial charge in [-0.3, -0.25) is 4.79 Å². The van der Waals surface area contributed by atoms with Crippen molar-refractivity contribution < 1.29 is 13.9 Å². The van der Waals surface area contributed by atoms with Crippen molar-refractivity contribution in [3.05, 3.63) is 30.2 Å². The van der Waals surface area contributed by atoms with E-state index < -0.39 is 0 Å². The summed E-state index contributed by atoms with van der Waals surface area (Å²) >= 11 is 0. The van der Waals surface area contributed by atoms with Crippen molar-refractivity contribution in [1.29, 1.82) is 0 Å². The Bertz CT molecular complexity index is 587. The molecule has 1 fully saturated rings. The number of amides is 1. The molecule has 2 aromatic rings. The molecule has 0 saturated carbocycles. The monoisotopic (exact) mass is 259 g/mol. The van der Waals surface area contributed by atoms with Gasteiger partial charge in [0.05, 0.1) is 7.11 Å². The SMILES string of the molecule is COc1ccc(-c2nnc(C(=O)N3CCC3)o2)cc1. The van der Waals surface area contributed by atoms with Crippen LogP contribution in [0, 0.1) is 0 Å². The first-order valence-electron chi connectivity index (χ1n) is 6.05. The molecule has 0 aliphatic carbocycles. The van der Waals surface area contributed by atoms with E-state index in [1.54, 1.807) is 24.1 Å². The van der Waals surface area contributed by atoms with Gasteiger partial charge in [0.15, 0.2) is 0 Å². The standard InChI is InChI=1S/C13H13N3O3/c1-18-10-5-3-9(4-6-10)11-14-15-12(19-11)13(17)16-7-2-8-16/h3-6H,2,7-8H2,1H3. The molecule has 19 heavy (non-hydrogen) atoms. The number of carbonyl (C=O) groups excluding carboxylic acids is 1. The second kappa shape index (κ2) is 4.72. The number of rotatable bonds is 3. The van der Waals surface area contributed by atoms with Crippen LogP contribution in [0.5, 0.6) is 5.75 Å². The Labute approximate surface area is 110 Å². The molecule has 1 aliphatic rings. The largest absolute Gasteiger partial charge is 0.497 e. The topological polar surface area (TPSA) is 68.5 Å². The molecule has 6 heteroatoms. The fourth-order valence-electron chi connectivity index (χ4n) is 1.81. The zero-order chi connectivity index (χ0) is 13.2. The summed E-state index contributed by atoms with van der Waals surface area (Å²) in [6, 6.07) is 7.22. The van der Waals surface area contributed by atoms with Gasteiger partial charge < -0.3 is 14.1 Å². The highest BCUT2D eigenvalue weighted by molar-refractivity contribution is 5.90. The quantitative estimate of drug-likeness (QED) is 0.837. The third-order valence-corrected chi connectivity index (χ3v) is 3.09. The molecule has 0 spiro atoms. The van der Waals surface area contributed by atoms with Crippen molar-refractivity contribution in [1.82, 2.24) is 15.1 Å². The number of nitrogens with zero attached hydrogens (tertiary/aromatic N) is 3. The number of methoxy groups -OCH3 is 1. The number of carbonyl (C=O) groups is 1. The van der Waals surface area contributed by atoms with Gasteiger partial charge >= 0.3 is 11.8 Å². The average Bonchev–Trinajstić information content (AvgIpc) is 2.86. The van der Waals surface area contributed by atoms with Crippen LogP contribution >= 0.6 is 0 Å². The summed E-state index contributed by atoms with van der Waals surface area (Å²) < 4.78 is 10.5. The van der Waals surface area contributed by atoms with Crippen LogP contribution in [0.1, 0.15) is 17.1 Å². The Morgan fingerprint density at radius 3 is 2.58 bits per heavy atom. The molecular formula is C13H13N3O3. The first kappa shape index (κ1) is 11.7. The summed E-state index contributed by atoms with van der Waals surface area (Å²) in [4.78, 5) is 13.6. The third-order valence-electron chi connectivity index (χ3n) is 3.09. The van der Waals surface area contributed by atoms with Crippen molar-refractivity contribution in [2.75, 3.05) is 20.2 Å². The predicted octanol–water partition coefficient (Wildman–Crippen LogP) is 1.59. The van der Waals surface area contributed by atoms with E-state index in [2.05, 4.69) is 10.2 Å². The molecule has 0 radical (unpaired) electrons. The van der Waals surface area contributed by atoms with Gasteiger partial charge in [-0.25, -0.2) is 0 Å². The molecule has 1 aromatic heterocycles. The van der Waals surface area contributed by atoms with Crippen LogP contribution in [0.2, 0.25) is 0 Å². The maximum atomic E-state index is 11.9. The molecule has 1 aromatic carbocycles. The van der Waals surface area contributed by atoms with Crippen molar-refractivity contribution in [2.45, 2.75) is 6.42 Å². The van der Waals surface area contributed by atoms with E-state index in [4.69, 9.17) is 9.15 Å². The molecule has 1 aliphatic heterocycles. The Morgan fingerprint density at radius 2 is 2.00 bits per heavy atom. The smallest absolute Gasteiger partial charge is 0.311 e. The van der Waals surface area contributed by atoms with Crippen LogP contribution in [-0.2, 0) is 0 Å². The summed E-state index contributed by atoms with van der Waals surface area (Å²) in [6.45, 7) is 1.53. The lowest BCUT2D eigenvalue weighted by atomic mass is 10.2. The Kier molecular flexibility index (Phi) is 2.91. The number of likely N-dealkylation sites (tertiary alicyclic amines) is 1. The fourth-order valence-corrected chi connectivity index (χ4v) is 1.81. The van der Waals surface area contributed by atoms with Crippen molar-refractivity contribution >= 4 is 5.91 Å². The summed E-state index contributed by atoms with van der Waals surface area (Å²) in [5, 5.41) is 7.70. The van der Waals surface area contributed by atoms with E-state index in [1.807, 2.05) is 12.1 Å². The van der Waals surface area contributed by atoms with Crippen LogP contribution in [0.25, 0.3) is 11.5 Å². The van der Waals surface area contributed by atoms with Gasteiger partial charge in [-0.15, -0.1) is 10.2 Å². The van der Waals surface area contributed by atoms with Gasteiger partial charge in [0, 0.05) is 18.7 Å². The lowest BCUT2D eigenvalue weighted by Gasteiger charge is -2.29. The minimum atomic E-state index is -0.196. The van der Waals surface area contributed by atoms with E-state index in [0.29, 0.717) is 5.89 Å². The van der Waals surface area contributed by atoms with Crippen LogP contribution in [0.3, 0.4) is 0 Å². The minimum Gasteiger partial charge on any atom is -0.497 e. The molecule has 3 rings (SSSR count). The molecular weight excluding hydrogens is 246 g/mol. The maximum absolute atomic E-state index is 11.9. The van der Waals surface area contributed by atoms with Gasteiger partial charge in [-0.1, -0.05) is 0 Å². The molecule has 98 valence electrons.